The van der Waals surface area contributed by atoms with Crippen molar-refractivity contribution in [1.29, 1.82) is 5.26 Å². The third kappa shape index (κ3) is 1.70. The molecular formula is C13H9N5. The summed E-state index contributed by atoms with van der Waals surface area (Å²) < 4.78 is 0. The van der Waals surface area contributed by atoms with Gasteiger partial charge in [0.05, 0.1) is 34.6 Å². The first-order valence-corrected chi connectivity index (χ1v) is 5.45. The van der Waals surface area contributed by atoms with Crippen LogP contribution in [0.1, 0.15) is 11.3 Å². The predicted molar refractivity (Wildman–Crippen MR) is 66.6 cm³/mol. The molecule has 0 spiro atoms. The Morgan fingerprint density at radius 3 is 2.83 bits per heavy atom. The summed E-state index contributed by atoms with van der Waals surface area (Å²) in [6.45, 7) is 1.88. The van der Waals surface area contributed by atoms with Crippen molar-refractivity contribution in [1.82, 2.24) is 19.9 Å². The average Bonchev–Trinajstić information content (AvgIpc) is 2.82. The highest BCUT2D eigenvalue weighted by Crippen LogP contribution is 2.19. The van der Waals surface area contributed by atoms with Crippen molar-refractivity contribution in [2.24, 2.45) is 0 Å². The number of fused-ring (bicyclic) bond motifs is 1. The van der Waals surface area contributed by atoms with Crippen LogP contribution in [0.5, 0.6) is 0 Å². The molecule has 86 valence electrons. The molecule has 0 bridgehead atoms. The van der Waals surface area contributed by atoms with Crippen molar-refractivity contribution < 1.29 is 0 Å². The minimum Gasteiger partial charge on any atom is -0.337 e. The third-order valence-corrected chi connectivity index (χ3v) is 2.63. The lowest BCUT2D eigenvalue weighted by molar-refractivity contribution is 1.10. The first-order valence-electron chi connectivity index (χ1n) is 5.45. The number of imidazole rings is 1. The van der Waals surface area contributed by atoms with Gasteiger partial charge in [0.15, 0.2) is 5.82 Å². The standard InChI is InChI=1S/C13H9N5/c1-8-6-16-12(7-15-8)13-17-10-3-2-9(5-14)4-11(10)18-13/h2-4,6-7H,1H3,(H,17,18). The number of benzene rings is 1. The highest BCUT2D eigenvalue weighted by atomic mass is 15.0. The number of rotatable bonds is 1. The quantitative estimate of drug-likeness (QED) is 0.701. The Morgan fingerprint density at radius 1 is 1.22 bits per heavy atom. The molecule has 0 unspecified atom stereocenters. The number of aryl methyl sites for hydroxylation is 1. The van der Waals surface area contributed by atoms with Gasteiger partial charge in [0, 0.05) is 6.20 Å². The minimum atomic E-state index is 0.604. The van der Waals surface area contributed by atoms with E-state index in [0.29, 0.717) is 17.1 Å². The van der Waals surface area contributed by atoms with Crippen LogP contribution in [-0.4, -0.2) is 19.9 Å². The van der Waals surface area contributed by atoms with E-state index in [1.807, 2.05) is 13.0 Å². The average molecular weight is 235 g/mol. The lowest BCUT2D eigenvalue weighted by atomic mass is 10.2. The molecule has 0 aliphatic rings. The van der Waals surface area contributed by atoms with Gasteiger partial charge in [-0.2, -0.15) is 5.26 Å². The Hall–Kier alpha value is -2.74. The fourth-order valence-electron chi connectivity index (χ4n) is 1.72. The van der Waals surface area contributed by atoms with E-state index in [2.05, 4.69) is 26.0 Å². The van der Waals surface area contributed by atoms with Crippen LogP contribution >= 0.6 is 0 Å². The van der Waals surface area contributed by atoms with E-state index in [9.17, 15) is 0 Å². The van der Waals surface area contributed by atoms with Gasteiger partial charge in [-0.05, 0) is 25.1 Å². The number of hydrogen-bond acceptors (Lipinski definition) is 4. The van der Waals surface area contributed by atoms with Crippen molar-refractivity contribution in [2.45, 2.75) is 6.92 Å². The lowest BCUT2D eigenvalue weighted by Gasteiger charge is -1.94. The molecule has 3 aromatic rings. The maximum absolute atomic E-state index is 8.84. The summed E-state index contributed by atoms with van der Waals surface area (Å²) in [7, 11) is 0. The molecule has 1 aromatic carbocycles. The van der Waals surface area contributed by atoms with Gasteiger partial charge in [-0.1, -0.05) is 0 Å². The molecule has 2 heterocycles. The zero-order valence-electron chi connectivity index (χ0n) is 9.68. The maximum atomic E-state index is 8.84. The molecule has 2 aromatic heterocycles. The Kier molecular flexibility index (Phi) is 2.27. The van der Waals surface area contributed by atoms with E-state index in [1.165, 1.54) is 0 Å². The van der Waals surface area contributed by atoms with Crippen LogP contribution in [-0.2, 0) is 0 Å². The molecule has 5 nitrogen and oxygen atoms in total. The summed E-state index contributed by atoms with van der Waals surface area (Å²) in [6, 6.07) is 7.43. The predicted octanol–water partition coefficient (Wildman–Crippen LogP) is 2.20. The van der Waals surface area contributed by atoms with Crippen molar-refractivity contribution in [2.75, 3.05) is 0 Å². The van der Waals surface area contributed by atoms with Crippen LogP contribution in [0.3, 0.4) is 0 Å². The second kappa shape index (κ2) is 3.93. The zero-order valence-corrected chi connectivity index (χ0v) is 9.68. The molecule has 0 saturated heterocycles. The fourth-order valence-corrected chi connectivity index (χ4v) is 1.72. The summed E-state index contributed by atoms with van der Waals surface area (Å²) in [4.78, 5) is 16.0. The van der Waals surface area contributed by atoms with Crippen molar-refractivity contribution in [3.05, 3.63) is 41.9 Å². The normalized spacial score (nSPS) is 10.4. The highest BCUT2D eigenvalue weighted by molar-refractivity contribution is 5.79. The van der Waals surface area contributed by atoms with Crippen molar-refractivity contribution >= 4 is 11.0 Å². The van der Waals surface area contributed by atoms with E-state index >= 15 is 0 Å². The molecule has 0 saturated carbocycles. The number of nitrogens with one attached hydrogen (secondary N) is 1. The summed E-state index contributed by atoms with van der Waals surface area (Å²) in [5, 5.41) is 8.84. The van der Waals surface area contributed by atoms with Gasteiger partial charge in [-0.25, -0.2) is 9.97 Å². The van der Waals surface area contributed by atoms with E-state index in [1.54, 1.807) is 24.5 Å². The van der Waals surface area contributed by atoms with Crippen molar-refractivity contribution in [3.8, 4) is 17.6 Å². The number of nitriles is 1. The van der Waals surface area contributed by atoms with E-state index in [4.69, 9.17) is 5.26 Å². The van der Waals surface area contributed by atoms with E-state index in [0.717, 1.165) is 16.7 Å². The van der Waals surface area contributed by atoms with Crippen LogP contribution in [0.25, 0.3) is 22.6 Å². The van der Waals surface area contributed by atoms with Crippen LogP contribution in [0, 0.1) is 18.3 Å². The van der Waals surface area contributed by atoms with Crippen LogP contribution in [0.2, 0.25) is 0 Å². The summed E-state index contributed by atoms with van der Waals surface area (Å²) in [5.41, 5.74) is 3.79. The molecule has 0 atom stereocenters. The topological polar surface area (TPSA) is 78.2 Å². The number of aromatic amines is 1. The molecule has 0 aliphatic carbocycles. The van der Waals surface area contributed by atoms with Crippen LogP contribution in [0.4, 0.5) is 0 Å². The van der Waals surface area contributed by atoms with Gasteiger partial charge in [0.25, 0.3) is 0 Å². The smallest absolute Gasteiger partial charge is 0.158 e. The lowest BCUT2D eigenvalue weighted by Crippen LogP contribution is -1.89. The first-order chi connectivity index (χ1) is 8.76. The third-order valence-electron chi connectivity index (χ3n) is 2.63. The van der Waals surface area contributed by atoms with Gasteiger partial charge in [-0.3, -0.25) is 4.98 Å². The first kappa shape index (κ1) is 10.4. The highest BCUT2D eigenvalue weighted by Gasteiger charge is 2.07. The Morgan fingerprint density at radius 2 is 2.11 bits per heavy atom. The largest absolute Gasteiger partial charge is 0.337 e. The summed E-state index contributed by atoms with van der Waals surface area (Å²) >= 11 is 0. The maximum Gasteiger partial charge on any atom is 0.158 e. The van der Waals surface area contributed by atoms with Gasteiger partial charge < -0.3 is 4.98 Å². The molecular weight excluding hydrogens is 226 g/mol. The molecule has 0 aliphatic heterocycles. The number of hydrogen-bond donors (Lipinski definition) is 1. The fraction of sp³-hybridized carbons (Fsp3) is 0.0769. The SMILES string of the molecule is Cc1cnc(-c2nc3ccc(C#N)cc3[nH]2)cn1. The van der Waals surface area contributed by atoms with Gasteiger partial charge in [0.1, 0.15) is 5.69 Å². The van der Waals surface area contributed by atoms with E-state index < -0.39 is 0 Å². The molecule has 5 heteroatoms. The van der Waals surface area contributed by atoms with Gasteiger partial charge >= 0.3 is 0 Å². The van der Waals surface area contributed by atoms with Gasteiger partial charge in [0.2, 0.25) is 0 Å². The molecule has 0 fully saturated rings. The van der Waals surface area contributed by atoms with E-state index in [-0.39, 0.29) is 0 Å². The minimum absolute atomic E-state index is 0.604. The molecule has 18 heavy (non-hydrogen) atoms. The Bertz CT molecular complexity index is 749. The summed E-state index contributed by atoms with van der Waals surface area (Å²) in [5.74, 6) is 0.660. The monoisotopic (exact) mass is 235 g/mol. The molecule has 0 radical (unpaired) electrons. The second-order valence-electron chi connectivity index (χ2n) is 3.97. The van der Waals surface area contributed by atoms with Crippen LogP contribution < -0.4 is 0 Å². The van der Waals surface area contributed by atoms with Crippen molar-refractivity contribution in [3.63, 3.8) is 0 Å². The Balaban J connectivity index is 2.13. The molecule has 0 amide bonds. The number of aromatic nitrogens is 4. The number of nitrogens with zero attached hydrogens (tertiary/aromatic N) is 4. The number of H-pyrrole nitrogens is 1. The van der Waals surface area contributed by atoms with Crippen LogP contribution in [0.15, 0.2) is 30.6 Å². The zero-order chi connectivity index (χ0) is 12.5. The molecule has 3 rings (SSSR count). The Labute approximate surface area is 103 Å². The molecule has 1 N–H and O–H groups in total. The second-order valence-corrected chi connectivity index (χ2v) is 3.97. The summed E-state index contributed by atoms with van der Waals surface area (Å²) in [6.07, 6.45) is 3.38. The van der Waals surface area contributed by atoms with Gasteiger partial charge in [-0.15, -0.1) is 0 Å².